The van der Waals surface area contributed by atoms with Crippen molar-refractivity contribution in [1.82, 2.24) is 9.13 Å². The van der Waals surface area contributed by atoms with Crippen LogP contribution in [-0.4, -0.2) is 9.13 Å². The first kappa shape index (κ1) is 23.8. The summed E-state index contributed by atoms with van der Waals surface area (Å²) in [5.41, 5.74) is 9.61. The second kappa shape index (κ2) is 9.24. The fourth-order valence-corrected chi connectivity index (χ4v) is 6.44. The van der Waals surface area contributed by atoms with Gasteiger partial charge in [0.2, 0.25) is 0 Å². The van der Waals surface area contributed by atoms with Crippen LogP contribution in [0.4, 0.5) is 0 Å². The zero-order valence-corrected chi connectivity index (χ0v) is 22.5. The highest BCUT2D eigenvalue weighted by Gasteiger charge is 2.21. The highest BCUT2D eigenvalue weighted by molar-refractivity contribution is 6.19. The number of nitriles is 2. The van der Waals surface area contributed by atoms with Gasteiger partial charge in [-0.1, -0.05) is 84.9 Å². The summed E-state index contributed by atoms with van der Waals surface area (Å²) in [4.78, 5) is 0. The van der Waals surface area contributed by atoms with E-state index < -0.39 is 0 Å². The van der Waals surface area contributed by atoms with E-state index in [4.69, 9.17) is 0 Å². The molecule has 0 bridgehead atoms. The predicted octanol–water partition coefficient (Wildman–Crippen LogP) is 9.29. The Labute approximate surface area is 242 Å². The van der Waals surface area contributed by atoms with Crippen LogP contribution in [-0.2, 0) is 0 Å². The summed E-state index contributed by atoms with van der Waals surface area (Å²) in [6.07, 6.45) is 0. The summed E-state index contributed by atoms with van der Waals surface area (Å²) < 4.78 is 4.54. The van der Waals surface area contributed by atoms with Crippen LogP contribution in [0, 0.1) is 22.7 Å². The minimum absolute atomic E-state index is 0.625. The van der Waals surface area contributed by atoms with Crippen molar-refractivity contribution in [2.45, 2.75) is 0 Å². The summed E-state index contributed by atoms with van der Waals surface area (Å²) in [6, 6.07) is 50.1. The van der Waals surface area contributed by atoms with Crippen molar-refractivity contribution in [2.24, 2.45) is 0 Å². The quantitative estimate of drug-likeness (QED) is 0.227. The zero-order chi connectivity index (χ0) is 28.2. The summed E-state index contributed by atoms with van der Waals surface area (Å²) in [5.74, 6) is 0. The predicted molar refractivity (Wildman–Crippen MR) is 170 cm³/mol. The van der Waals surface area contributed by atoms with Gasteiger partial charge in [0.25, 0.3) is 0 Å². The van der Waals surface area contributed by atoms with Crippen molar-refractivity contribution in [3.05, 3.63) is 145 Å². The van der Waals surface area contributed by atoms with E-state index in [2.05, 4.69) is 106 Å². The number of hydrogen-bond acceptors (Lipinski definition) is 2. The molecule has 194 valence electrons. The number of aromatic nitrogens is 2. The minimum atomic E-state index is 0.625. The first-order chi connectivity index (χ1) is 20.8. The maximum atomic E-state index is 10.1. The molecule has 0 atom stereocenters. The Morgan fingerprint density at radius 1 is 0.429 bits per heavy atom. The summed E-state index contributed by atoms with van der Waals surface area (Å²) >= 11 is 0. The Bertz CT molecular complexity index is 2430. The highest BCUT2D eigenvalue weighted by Crippen LogP contribution is 2.43. The topological polar surface area (TPSA) is 57.4 Å². The lowest BCUT2D eigenvalue weighted by Crippen LogP contribution is -1.99. The van der Waals surface area contributed by atoms with Gasteiger partial charge in [-0.15, -0.1) is 0 Å². The second-order valence-electron chi connectivity index (χ2n) is 10.4. The number of benzene rings is 6. The van der Waals surface area contributed by atoms with E-state index in [0.29, 0.717) is 11.1 Å². The molecule has 0 saturated carbocycles. The normalized spacial score (nSPS) is 11.3. The zero-order valence-electron chi connectivity index (χ0n) is 22.5. The summed E-state index contributed by atoms with van der Waals surface area (Å²) in [6.45, 7) is 0. The molecule has 0 spiro atoms. The maximum Gasteiger partial charge on any atom is 0.101 e. The molecule has 2 aromatic heterocycles. The number of nitrogens with zero attached hydrogens (tertiary/aromatic N) is 4. The molecule has 4 nitrogen and oxygen atoms in total. The number of fused-ring (bicyclic) bond motifs is 6. The van der Waals surface area contributed by atoms with Gasteiger partial charge in [0.1, 0.15) is 6.07 Å². The third-order valence-electron chi connectivity index (χ3n) is 8.20. The molecule has 42 heavy (non-hydrogen) atoms. The Morgan fingerprint density at radius 2 is 0.952 bits per heavy atom. The van der Waals surface area contributed by atoms with E-state index in [1.165, 1.54) is 5.39 Å². The minimum Gasteiger partial charge on any atom is -0.309 e. The van der Waals surface area contributed by atoms with Crippen LogP contribution in [0.5, 0.6) is 0 Å². The monoisotopic (exact) mass is 534 g/mol. The van der Waals surface area contributed by atoms with Crippen LogP contribution in [0.2, 0.25) is 0 Å². The molecule has 0 unspecified atom stereocenters. The van der Waals surface area contributed by atoms with Crippen molar-refractivity contribution in [3.63, 3.8) is 0 Å². The van der Waals surface area contributed by atoms with Gasteiger partial charge in [-0.05, 0) is 48.5 Å². The average molecular weight is 535 g/mol. The van der Waals surface area contributed by atoms with E-state index in [-0.39, 0.29) is 0 Å². The van der Waals surface area contributed by atoms with E-state index in [0.717, 1.165) is 60.7 Å². The molecule has 4 heteroatoms. The smallest absolute Gasteiger partial charge is 0.101 e. The van der Waals surface area contributed by atoms with Crippen LogP contribution >= 0.6 is 0 Å². The van der Waals surface area contributed by atoms with Gasteiger partial charge in [0, 0.05) is 38.4 Å². The van der Waals surface area contributed by atoms with Gasteiger partial charge in [-0.3, -0.25) is 0 Å². The standard InChI is InChI=1S/C38H22N4/c39-23-25-19-21-27(22-20-25)41-35-17-5-2-10-28(35)30-12-7-14-32(37(30)41)33-15-8-13-31-29-11-3-6-18-36(29)42(38(31)33)34-16-4-1-9-26(34)24-40/h1-22H. The fraction of sp³-hybridized carbons (Fsp3) is 0. The molecule has 0 aliphatic heterocycles. The SMILES string of the molecule is N#Cc1ccc(-n2c3ccccc3c3cccc(-c4cccc5c6ccccc6n(-c6ccccc6C#N)c45)c32)cc1. The maximum absolute atomic E-state index is 10.1. The highest BCUT2D eigenvalue weighted by atomic mass is 15.0. The van der Waals surface area contributed by atoms with Crippen molar-refractivity contribution < 1.29 is 0 Å². The number of hydrogen-bond donors (Lipinski definition) is 0. The summed E-state index contributed by atoms with van der Waals surface area (Å²) in [7, 11) is 0. The van der Waals surface area contributed by atoms with Crippen LogP contribution < -0.4 is 0 Å². The molecule has 0 radical (unpaired) electrons. The molecular weight excluding hydrogens is 512 g/mol. The fourth-order valence-electron chi connectivity index (χ4n) is 6.44. The van der Waals surface area contributed by atoms with E-state index in [9.17, 15) is 10.5 Å². The molecule has 0 aliphatic carbocycles. The lowest BCUT2D eigenvalue weighted by molar-refractivity contribution is 1.16. The Kier molecular flexibility index (Phi) is 5.22. The van der Waals surface area contributed by atoms with Crippen molar-refractivity contribution in [2.75, 3.05) is 0 Å². The summed E-state index contributed by atoms with van der Waals surface area (Å²) in [5, 5.41) is 24.1. The Balaban J connectivity index is 1.55. The van der Waals surface area contributed by atoms with Crippen LogP contribution in [0.1, 0.15) is 11.1 Å². The molecule has 8 rings (SSSR count). The molecule has 6 aromatic carbocycles. The van der Waals surface area contributed by atoms with Crippen LogP contribution in [0.15, 0.2) is 133 Å². The largest absolute Gasteiger partial charge is 0.309 e. The van der Waals surface area contributed by atoms with Gasteiger partial charge in [-0.2, -0.15) is 10.5 Å². The first-order valence-corrected chi connectivity index (χ1v) is 13.8. The third kappa shape index (κ3) is 3.33. The third-order valence-corrected chi connectivity index (χ3v) is 8.20. The van der Waals surface area contributed by atoms with Gasteiger partial charge in [0.05, 0.1) is 45.0 Å². The average Bonchev–Trinajstić information content (AvgIpc) is 3.58. The van der Waals surface area contributed by atoms with Crippen LogP contribution in [0.3, 0.4) is 0 Å². The molecule has 0 amide bonds. The van der Waals surface area contributed by atoms with Gasteiger partial charge >= 0.3 is 0 Å². The molecule has 0 fully saturated rings. The Hall–Kier alpha value is -6.10. The van der Waals surface area contributed by atoms with Crippen molar-refractivity contribution >= 4 is 43.6 Å². The van der Waals surface area contributed by atoms with Crippen molar-refractivity contribution in [1.29, 1.82) is 10.5 Å². The molecule has 0 N–H and O–H groups in total. The molecule has 2 heterocycles. The lowest BCUT2D eigenvalue weighted by Gasteiger charge is -2.15. The first-order valence-electron chi connectivity index (χ1n) is 13.8. The van der Waals surface area contributed by atoms with Crippen molar-refractivity contribution in [3.8, 4) is 34.6 Å². The van der Waals surface area contributed by atoms with Gasteiger partial charge < -0.3 is 9.13 Å². The molecule has 0 saturated heterocycles. The second-order valence-corrected chi connectivity index (χ2v) is 10.4. The van der Waals surface area contributed by atoms with E-state index >= 15 is 0 Å². The number of rotatable bonds is 3. The van der Waals surface area contributed by atoms with E-state index in [1.807, 2.05) is 48.5 Å². The molecular formula is C38H22N4. The van der Waals surface area contributed by atoms with Crippen LogP contribution in [0.25, 0.3) is 66.1 Å². The Morgan fingerprint density at radius 3 is 1.57 bits per heavy atom. The molecule has 8 aromatic rings. The van der Waals surface area contributed by atoms with E-state index in [1.54, 1.807) is 0 Å². The number of para-hydroxylation sites is 5. The lowest BCUT2D eigenvalue weighted by atomic mass is 9.99. The van der Waals surface area contributed by atoms with Gasteiger partial charge in [-0.25, -0.2) is 0 Å². The molecule has 0 aliphatic rings. The van der Waals surface area contributed by atoms with Gasteiger partial charge in [0.15, 0.2) is 0 Å².